The van der Waals surface area contributed by atoms with E-state index in [1.165, 1.54) is 24.6 Å². The monoisotopic (exact) mass is 315 g/mol. The summed E-state index contributed by atoms with van der Waals surface area (Å²) in [7, 11) is 0. The van der Waals surface area contributed by atoms with Gasteiger partial charge < -0.3 is 5.32 Å². The highest BCUT2D eigenvalue weighted by molar-refractivity contribution is 7.15. The lowest BCUT2D eigenvalue weighted by Crippen LogP contribution is -2.13. The molecule has 1 heterocycles. The molecule has 5 nitrogen and oxygen atoms in total. The van der Waals surface area contributed by atoms with Crippen molar-refractivity contribution in [2.75, 3.05) is 10.6 Å². The van der Waals surface area contributed by atoms with E-state index in [0.717, 1.165) is 18.5 Å². The van der Waals surface area contributed by atoms with Crippen molar-refractivity contribution < 1.29 is 9.59 Å². The molecule has 1 aliphatic rings. The van der Waals surface area contributed by atoms with Gasteiger partial charge in [0.15, 0.2) is 5.13 Å². The fourth-order valence-corrected chi connectivity index (χ4v) is 3.56. The summed E-state index contributed by atoms with van der Waals surface area (Å²) in [5, 5.41) is 6.18. The first kappa shape index (κ1) is 14.7. The lowest BCUT2D eigenvalue weighted by molar-refractivity contribution is -0.114. The summed E-state index contributed by atoms with van der Waals surface area (Å²) in [6, 6.07) is 6.87. The summed E-state index contributed by atoms with van der Waals surface area (Å²) in [4.78, 5) is 29.2. The topological polar surface area (TPSA) is 71.1 Å². The zero-order valence-corrected chi connectivity index (χ0v) is 13.1. The van der Waals surface area contributed by atoms with Crippen LogP contribution in [0.5, 0.6) is 0 Å². The van der Waals surface area contributed by atoms with Crippen molar-refractivity contribution in [2.24, 2.45) is 0 Å². The van der Waals surface area contributed by atoms with Crippen LogP contribution in [0.25, 0.3) is 0 Å². The van der Waals surface area contributed by atoms with Gasteiger partial charge in [0.1, 0.15) is 0 Å². The highest BCUT2D eigenvalue weighted by Crippen LogP contribution is 2.29. The molecule has 2 N–H and O–H groups in total. The molecule has 0 saturated heterocycles. The van der Waals surface area contributed by atoms with Crippen LogP contribution in [0.3, 0.4) is 0 Å². The Bertz CT molecular complexity index is 700. The van der Waals surface area contributed by atoms with E-state index in [0.29, 0.717) is 16.4 Å². The van der Waals surface area contributed by atoms with Gasteiger partial charge in [0.25, 0.3) is 5.91 Å². The highest BCUT2D eigenvalue weighted by Gasteiger charge is 2.17. The van der Waals surface area contributed by atoms with Gasteiger partial charge in [0.2, 0.25) is 5.91 Å². The molecule has 1 aliphatic carbocycles. The maximum absolute atomic E-state index is 12.3. The summed E-state index contributed by atoms with van der Waals surface area (Å²) in [6.07, 6.45) is 4.42. The third kappa shape index (κ3) is 3.33. The number of aromatic nitrogens is 1. The van der Waals surface area contributed by atoms with E-state index in [1.807, 2.05) is 0 Å². The third-order valence-electron chi connectivity index (χ3n) is 3.51. The number of nitrogens with zero attached hydrogens (tertiary/aromatic N) is 1. The summed E-state index contributed by atoms with van der Waals surface area (Å²) >= 11 is 1.56. The molecule has 0 radical (unpaired) electrons. The molecular weight excluding hydrogens is 298 g/mol. The van der Waals surface area contributed by atoms with Crippen LogP contribution < -0.4 is 10.6 Å². The number of amides is 2. The van der Waals surface area contributed by atoms with Gasteiger partial charge >= 0.3 is 0 Å². The van der Waals surface area contributed by atoms with E-state index in [1.54, 1.807) is 35.6 Å². The fourth-order valence-electron chi connectivity index (χ4n) is 2.52. The molecule has 1 aromatic heterocycles. The molecular formula is C16H17N3O2S. The highest BCUT2D eigenvalue weighted by atomic mass is 32.1. The second kappa shape index (κ2) is 6.27. The zero-order valence-electron chi connectivity index (χ0n) is 12.3. The SMILES string of the molecule is CC(=O)Nc1cccc(C(=O)Nc2nc3c(s2)CCCC3)c1. The molecule has 6 heteroatoms. The number of aryl methyl sites for hydroxylation is 2. The molecule has 2 aromatic rings. The molecule has 1 aromatic carbocycles. The van der Waals surface area contributed by atoms with E-state index in [4.69, 9.17) is 0 Å². The number of rotatable bonds is 3. The number of nitrogens with one attached hydrogen (secondary N) is 2. The van der Waals surface area contributed by atoms with Crippen molar-refractivity contribution in [3.8, 4) is 0 Å². The van der Waals surface area contributed by atoms with Crippen molar-refractivity contribution in [2.45, 2.75) is 32.6 Å². The van der Waals surface area contributed by atoms with Crippen LogP contribution >= 0.6 is 11.3 Å². The van der Waals surface area contributed by atoms with Crippen molar-refractivity contribution in [3.63, 3.8) is 0 Å². The molecule has 22 heavy (non-hydrogen) atoms. The molecule has 0 bridgehead atoms. The molecule has 0 atom stereocenters. The maximum Gasteiger partial charge on any atom is 0.257 e. The lowest BCUT2D eigenvalue weighted by atomic mass is 10.0. The summed E-state index contributed by atoms with van der Waals surface area (Å²) in [6.45, 7) is 1.44. The Morgan fingerprint density at radius 2 is 2.00 bits per heavy atom. The van der Waals surface area contributed by atoms with Gasteiger partial charge in [-0.05, 0) is 43.9 Å². The third-order valence-corrected chi connectivity index (χ3v) is 4.58. The Labute approximate surface area is 132 Å². The summed E-state index contributed by atoms with van der Waals surface area (Å²) < 4.78 is 0. The van der Waals surface area contributed by atoms with Gasteiger partial charge in [-0.25, -0.2) is 4.98 Å². The van der Waals surface area contributed by atoms with E-state index < -0.39 is 0 Å². The Morgan fingerprint density at radius 3 is 2.77 bits per heavy atom. The number of hydrogen-bond acceptors (Lipinski definition) is 4. The summed E-state index contributed by atoms with van der Waals surface area (Å²) in [5.74, 6) is -0.372. The Morgan fingerprint density at radius 1 is 1.18 bits per heavy atom. The molecule has 0 fully saturated rings. The van der Waals surface area contributed by atoms with Gasteiger partial charge in [-0.3, -0.25) is 14.9 Å². The van der Waals surface area contributed by atoms with Crippen LogP contribution in [0.2, 0.25) is 0 Å². The minimum absolute atomic E-state index is 0.162. The quantitative estimate of drug-likeness (QED) is 0.913. The first-order valence-corrected chi connectivity index (χ1v) is 8.11. The van der Waals surface area contributed by atoms with E-state index in [-0.39, 0.29) is 11.8 Å². The van der Waals surface area contributed by atoms with Crippen LogP contribution in [0.15, 0.2) is 24.3 Å². The van der Waals surface area contributed by atoms with E-state index in [2.05, 4.69) is 15.6 Å². The molecule has 0 aliphatic heterocycles. The molecule has 3 rings (SSSR count). The second-order valence-electron chi connectivity index (χ2n) is 5.31. The number of anilines is 2. The molecule has 114 valence electrons. The summed E-state index contributed by atoms with van der Waals surface area (Å²) in [5.41, 5.74) is 2.23. The lowest BCUT2D eigenvalue weighted by Gasteiger charge is -2.06. The van der Waals surface area contributed by atoms with Crippen molar-refractivity contribution in [1.82, 2.24) is 4.98 Å². The average molecular weight is 315 g/mol. The fraction of sp³-hybridized carbons (Fsp3) is 0.312. The van der Waals surface area contributed by atoms with E-state index >= 15 is 0 Å². The number of hydrogen-bond donors (Lipinski definition) is 2. The number of carbonyl (C=O) groups is 2. The second-order valence-corrected chi connectivity index (χ2v) is 6.40. The minimum Gasteiger partial charge on any atom is -0.326 e. The minimum atomic E-state index is -0.210. The van der Waals surface area contributed by atoms with Crippen LogP contribution in [-0.2, 0) is 17.6 Å². The number of carbonyl (C=O) groups excluding carboxylic acids is 2. The van der Waals surface area contributed by atoms with Gasteiger partial charge in [0, 0.05) is 23.1 Å². The Balaban J connectivity index is 1.74. The van der Waals surface area contributed by atoms with Crippen LogP contribution in [0.4, 0.5) is 10.8 Å². The zero-order chi connectivity index (χ0) is 15.5. The normalized spacial score (nSPS) is 13.3. The Hall–Kier alpha value is -2.21. The largest absolute Gasteiger partial charge is 0.326 e. The van der Waals surface area contributed by atoms with Gasteiger partial charge in [-0.1, -0.05) is 6.07 Å². The number of thiazole rings is 1. The molecule has 2 amide bonds. The van der Waals surface area contributed by atoms with Gasteiger partial charge in [0.05, 0.1) is 5.69 Å². The van der Waals surface area contributed by atoms with Crippen LogP contribution in [-0.4, -0.2) is 16.8 Å². The molecule has 0 unspecified atom stereocenters. The smallest absolute Gasteiger partial charge is 0.257 e. The average Bonchev–Trinajstić information content (AvgIpc) is 2.89. The molecule has 0 spiro atoms. The number of fused-ring (bicyclic) bond motifs is 1. The van der Waals surface area contributed by atoms with Crippen molar-refractivity contribution in [3.05, 3.63) is 40.4 Å². The first-order valence-electron chi connectivity index (χ1n) is 7.29. The van der Waals surface area contributed by atoms with Crippen molar-refractivity contribution in [1.29, 1.82) is 0 Å². The standard InChI is InChI=1S/C16H17N3O2S/c1-10(20)17-12-6-4-5-11(9-12)15(21)19-16-18-13-7-2-3-8-14(13)22-16/h4-6,9H,2-3,7-8H2,1H3,(H,17,20)(H,18,19,21). The first-order chi connectivity index (χ1) is 10.6. The Kier molecular flexibility index (Phi) is 4.20. The molecule has 0 saturated carbocycles. The van der Waals surface area contributed by atoms with Gasteiger partial charge in [-0.2, -0.15) is 0 Å². The van der Waals surface area contributed by atoms with Crippen LogP contribution in [0.1, 0.15) is 40.7 Å². The predicted octanol–water partition coefficient (Wildman–Crippen LogP) is 3.23. The van der Waals surface area contributed by atoms with Gasteiger partial charge in [-0.15, -0.1) is 11.3 Å². The predicted molar refractivity (Wildman–Crippen MR) is 87.5 cm³/mol. The number of benzene rings is 1. The van der Waals surface area contributed by atoms with Crippen LogP contribution in [0, 0.1) is 0 Å². The van der Waals surface area contributed by atoms with E-state index in [9.17, 15) is 9.59 Å². The maximum atomic E-state index is 12.3. The van der Waals surface area contributed by atoms with Crippen molar-refractivity contribution >= 4 is 34.0 Å².